The molecule has 1 unspecified atom stereocenters. The van der Waals surface area contributed by atoms with Crippen molar-refractivity contribution < 1.29 is 13.2 Å². The number of aromatic nitrogens is 1. The summed E-state index contributed by atoms with van der Waals surface area (Å²) < 4.78 is 38.9. The predicted octanol–water partition coefficient (Wildman–Crippen LogP) is 2.69. The van der Waals surface area contributed by atoms with Gasteiger partial charge in [-0.25, -0.2) is 4.98 Å². The summed E-state index contributed by atoms with van der Waals surface area (Å²) in [4.78, 5) is 10.6. The number of hydrogen-bond acceptors (Lipinski definition) is 4. The maximum absolute atomic E-state index is 13.0. The number of alkyl halides is 3. The lowest BCUT2D eigenvalue weighted by molar-refractivity contribution is -0.137. The van der Waals surface area contributed by atoms with Crippen molar-refractivity contribution in [1.29, 1.82) is 0 Å². The molecule has 0 spiro atoms. The molecule has 156 valence electrons. The van der Waals surface area contributed by atoms with E-state index >= 15 is 0 Å². The number of anilines is 1. The van der Waals surface area contributed by atoms with Crippen LogP contribution in [0.15, 0.2) is 23.3 Å². The van der Waals surface area contributed by atoms with Gasteiger partial charge in [0.15, 0.2) is 5.96 Å². The number of rotatable bonds is 6. The summed E-state index contributed by atoms with van der Waals surface area (Å²) in [5.74, 6) is 0.528. The minimum absolute atomic E-state index is 0.150. The molecule has 28 heavy (non-hydrogen) atoms. The Bertz CT molecular complexity index is 657. The van der Waals surface area contributed by atoms with Gasteiger partial charge < -0.3 is 16.0 Å². The Balaban J connectivity index is 1.41. The third kappa shape index (κ3) is 5.50. The van der Waals surface area contributed by atoms with Crippen molar-refractivity contribution in [3.63, 3.8) is 0 Å². The van der Waals surface area contributed by atoms with E-state index in [2.05, 4.69) is 30.8 Å². The summed E-state index contributed by atoms with van der Waals surface area (Å²) in [5.41, 5.74) is -0.754. The number of guanidine groups is 1. The minimum Gasteiger partial charge on any atom is -0.368 e. The van der Waals surface area contributed by atoms with Gasteiger partial charge in [-0.15, -0.1) is 0 Å². The van der Waals surface area contributed by atoms with Gasteiger partial charge in [0.1, 0.15) is 5.82 Å². The van der Waals surface area contributed by atoms with Crippen molar-refractivity contribution in [2.24, 2.45) is 4.99 Å². The molecule has 0 amide bonds. The smallest absolute Gasteiger partial charge is 0.368 e. The summed E-state index contributed by atoms with van der Waals surface area (Å²) in [5, 5.41) is 9.34. The normalized spacial score (nSPS) is 21.9. The Morgan fingerprint density at radius 1 is 1.25 bits per heavy atom. The van der Waals surface area contributed by atoms with Gasteiger partial charge in [-0.1, -0.05) is 12.8 Å². The van der Waals surface area contributed by atoms with Crippen LogP contribution in [0.1, 0.15) is 37.7 Å². The van der Waals surface area contributed by atoms with E-state index in [9.17, 15) is 13.2 Å². The summed E-state index contributed by atoms with van der Waals surface area (Å²) >= 11 is 0. The fourth-order valence-corrected chi connectivity index (χ4v) is 4.03. The molecule has 1 aromatic heterocycles. The molecule has 0 radical (unpaired) electrons. The van der Waals surface area contributed by atoms with E-state index in [0.717, 1.165) is 31.6 Å². The van der Waals surface area contributed by atoms with Gasteiger partial charge >= 0.3 is 6.18 Å². The molecule has 2 fully saturated rings. The fraction of sp³-hybridized carbons (Fsp3) is 0.684. The van der Waals surface area contributed by atoms with Crippen LogP contribution in [-0.2, 0) is 6.18 Å². The molecule has 3 rings (SSSR count). The van der Waals surface area contributed by atoms with Gasteiger partial charge in [0, 0.05) is 51.5 Å². The van der Waals surface area contributed by atoms with Gasteiger partial charge in [0.2, 0.25) is 0 Å². The van der Waals surface area contributed by atoms with Gasteiger partial charge in [0.25, 0.3) is 0 Å². The van der Waals surface area contributed by atoms with Gasteiger partial charge in [0.05, 0.1) is 5.56 Å². The molecule has 3 N–H and O–H groups in total. The highest BCUT2D eigenvalue weighted by Gasteiger charge is 2.34. The molecular weight excluding hydrogens is 369 g/mol. The first-order valence-corrected chi connectivity index (χ1v) is 9.94. The van der Waals surface area contributed by atoms with Crippen molar-refractivity contribution in [2.75, 3.05) is 38.5 Å². The summed E-state index contributed by atoms with van der Waals surface area (Å²) in [6, 6.07) is 3.40. The minimum atomic E-state index is -4.42. The molecule has 6 nitrogen and oxygen atoms in total. The second-order valence-corrected chi connectivity index (χ2v) is 7.39. The predicted molar refractivity (Wildman–Crippen MR) is 104 cm³/mol. The Morgan fingerprint density at radius 3 is 2.75 bits per heavy atom. The number of halogens is 3. The first-order chi connectivity index (χ1) is 13.5. The average Bonchev–Trinajstić information content (AvgIpc) is 3.35. The highest BCUT2D eigenvalue weighted by Crippen LogP contribution is 2.33. The van der Waals surface area contributed by atoms with Gasteiger partial charge in [-0.05, 0) is 31.4 Å². The van der Waals surface area contributed by atoms with Crippen LogP contribution in [0.4, 0.5) is 19.0 Å². The van der Waals surface area contributed by atoms with E-state index in [1.807, 2.05) is 0 Å². The lowest BCUT2D eigenvalue weighted by Crippen LogP contribution is -2.46. The topological polar surface area (TPSA) is 64.6 Å². The lowest BCUT2D eigenvalue weighted by atomic mass is 10.2. The lowest BCUT2D eigenvalue weighted by Gasteiger charge is -2.24. The zero-order valence-electron chi connectivity index (χ0n) is 16.2. The van der Waals surface area contributed by atoms with Crippen LogP contribution < -0.4 is 16.0 Å². The summed E-state index contributed by atoms with van der Waals surface area (Å²) in [7, 11) is 1.70. The highest BCUT2D eigenvalue weighted by molar-refractivity contribution is 5.80. The molecule has 1 atom stereocenters. The number of nitrogens with one attached hydrogen (secondary N) is 3. The summed E-state index contributed by atoms with van der Waals surface area (Å²) in [6.07, 6.45) is 3.29. The molecule has 2 aliphatic rings. The van der Waals surface area contributed by atoms with Crippen LogP contribution >= 0.6 is 0 Å². The number of pyridine rings is 1. The number of hydrogen-bond donors (Lipinski definition) is 3. The maximum atomic E-state index is 13.0. The van der Waals surface area contributed by atoms with Crippen molar-refractivity contribution in [3.05, 3.63) is 23.9 Å². The second-order valence-electron chi connectivity index (χ2n) is 7.39. The fourth-order valence-electron chi connectivity index (χ4n) is 4.03. The summed E-state index contributed by atoms with van der Waals surface area (Å²) in [6.45, 7) is 2.87. The largest absolute Gasteiger partial charge is 0.419 e. The van der Waals surface area contributed by atoms with Crippen molar-refractivity contribution in [3.8, 4) is 0 Å². The van der Waals surface area contributed by atoms with E-state index in [1.54, 1.807) is 7.05 Å². The highest BCUT2D eigenvalue weighted by atomic mass is 19.4. The second kappa shape index (κ2) is 9.45. The Morgan fingerprint density at radius 2 is 2.04 bits per heavy atom. The molecule has 0 bridgehead atoms. The van der Waals surface area contributed by atoms with Crippen LogP contribution in [0.25, 0.3) is 0 Å². The zero-order chi connectivity index (χ0) is 20.0. The van der Waals surface area contributed by atoms with Crippen LogP contribution in [0, 0.1) is 0 Å². The van der Waals surface area contributed by atoms with E-state index < -0.39 is 11.7 Å². The molecule has 0 aromatic carbocycles. The average molecular weight is 398 g/mol. The number of likely N-dealkylation sites (tertiary alicyclic amines) is 1. The van der Waals surface area contributed by atoms with Crippen molar-refractivity contribution in [1.82, 2.24) is 20.5 Å². The first-order valence-electron chi connectivity index (χ1n) is 9.94. The molecular formula is C19H29F3N6. The van der Waals surface area contributed by atoms with E-state index in [-0.39, 0.29) is 5.82 Å². The molecule has 1 saturated heterocycles. The standard InChI is InChI=1S/C19H29F3N6/c1-23-18(27-14-8-12-28(13-14)15-5-2-3-6-15)26-11-10-25-17-16(19(20,21)22)7-4-9-24-17/h4,7,9,14-15H,2-3,5-6,8,10-13H2,1H3,(H,24,25)(H2,23,26,27). The van der Waals surface area contributed by atoms with Crippen LogP contribution in [-0.4, -0.2) is 61.2 Å². The van der Waals surface area contributed by atoms with Gasteiger partial charge in [-0.3, -0.25) is 9.89 Å². The zero-order valence-corrected chi connectivity index (χ0v) is 16.2. The molecule has 2 heterocycles. The Labute approximate surface area is 164 Å². The molecule has 9 heteroatoms. The van der Waals surface area contributed by atoms with Crippen molar-refractivity contribution >= 4 is 11.8 Å². The maximum Gasteiger partial charge on any atom is 0.419 e. The quantitative estimate of drug-likeness (QED) is 0.391. The monoisotopic (exact) mass is 398 g/mol. The van der Waals surface area contributed by atoms with Crippen LogP contribution in [0.3, 0.4) is 0 Å². The van der Waals surface area contributed by atoms with Crippen molar-refractivity contribution in [2.45, 2.75) is 50.4 Å². The Kier molecular flexibility index (Phi) is 6.98. The third-order valence-electron chi connectivity index (χ3n) is 5.45. The number of aliphatic imine (C=N–C) groups is 1. The molecule has 1 saturated carbocycles. The number of nitrogens with zero attached hydrogens (tertiary/aromatic N) is 3. The molecule has 1 aliphatic carbocycles. The molecule has 1 aliphatic heterocycles. The SMILES string of the molecule is CN=C(NCCNc1ncccc1C(F)(F)F)NC1CCN(C2CCCC2)C1. The van der Waals surface area contributed by atoms with E-state index in [1.165, 1.54) is 37.9 Å². The Hall–Kier alpha value is -2.03. The van der Waals surface area contributed by atoms with E-state index in [0.29, 0.717) is 25.1 Å². The van der Waals surface area contributed by atoms with Crippen LogP contribution in [0.5, 0.6) is 0 Å². The van der Waals surface area contributed by atoms with Gasteiger partial charge in [-0.2, -0.15) is 13.2 Å². The third-order valence-corrected chi connectivity index (χ3v) is 5.45. The first kappa shape index (κ1) is 20.7. The van der Waals surface area contributed by atoms with Crippen LogP contribution in [0.2, 0.25) is 0 Å². The van der Waals surface area contributed by atoms with E-state index in [4.69, 9.17) is 0 Å². The molecule has 1 aromatic rings.